The number of hydrogen-bond donors (Lipinski definition) is 0. The topological polar surface area (TPSA) is 46.4 Å². The molecule has 0 fully saturated rings. The first kappa shape index (κ1) is 30.7. The monoisotopic (exact) mass is 793 g/mol. The number of para-hydroxylation sites is 3. The van der Waals surface area contributed by atoms with Gasteiger partial charge in [0.25, 0.3) is 0 Å². The molecule has 1 aliphatic rings. The number of nitrogens with zero attached hydrogens (tertiary/aromatic N) is 5. The molecule has 6 nitrogen and oxygen atoms in total. The summed E-state index contributed by atoms with van der Waals surface area (Å²) >= 11 is 0. The zero-order valence-corrected chi connectivity index (χ0v) is 28.8. The van der Waals surface area contributed by atoms with Crippen LogP contribution in [0, 0.1) is 18.8 Å². The van der Waals surface area contributed by atoms with Crippen LogP contribution in [0.4, 0.5) is 17.1 Å². The maximum Gasteiger partial charge on any atom is 0.135 e. The van der Waals surface area contributed by atoms with Crippen molar-refractivity contribution >= 4 is 38.9 Å². The van der Waals surface area contributed by atoms with Crippen molar-refractivity contribution in [3.63, 3.8) is 0 Å². The number of benzene rings is 4. The molecule has 8 rings (SSSR count). The van der Waals surface area contributed by atoms with Crippen LogP contribution in [0.1, 0.15) is 26.3 Å². The molecule has 7 heteroatoms. The molecule has 0 unspecified atom stereocenters. The van der Waals surface area contributed by atoms with Crippen molar-refractivity contribution < 1.29 is 25.8 Å². The summed E-state index contributed by atoms with van der Waals surface area (Å²) in [5.41, 5.74) is 8.11. The van der Waals surface area contributed by atoms with Crippen molar-refractivity contribution in [3.05, 3.63) is 140 Å². The van der Waals surface area contributed by atoms with Gasteiger partial charge in [-0.05, 0) is 59.9 Å². The minimum Gasteiger partial charge on any atom is -0.504 e. The number of ether oxygens (including phenoxy) is 1. The third-order valence-corrected chi connectivity index (χ3v) is 8.53. The molecular formula is C40H32N5OPt-3. The van der Waals surface area contributed by atoms with Gasteiger partial charge in [0.2, 0.25) is 0 Å². The van der Waals surface area contributed by atoms with E-state index in [2.05, 4.69) is 119 Å². The maximum atomic E-state index is 6.64. The maximum absolute atomic E-state index is 6.64. The van der Waals surface area contributed by atoms with Crippen LogP contribution in [0.25, 0.3) is 38.8 Å². The molecule has 4 heterocycles. The molecule has 0 radical (unpaired) electrons. The van der Waals surface area contributed by atoms with Gasteiger partial charge in [0.15, 0.2) is 0 Å². The summed E-state index contributed by atoms with van der Waals surface area (Å²) in [6.45, 7) is 8.70. The van der Waals surface area contributed by atoms with E-state index in [1.54, 1.807) is 6.20 Å². The second-order valence-corrected chi connectivity index (χ2v) is 12.6. The average Bonchev–Trinajstić information content (AvgIpc) is 3.59. The van der Waals surface area contributed by atoms with Gasteiger partial charge < -0.3 is 19.1 Å². The smallest absolute Gasteiger partial charge is 0.135 e. The molecule has 0 saturated carbocycles. The Morgan fingerprint density at radius 2 is 1.47 bits per heavy atom. The number of anilines is 3. The third kappa shape index (κ3) is 5.47. The van der Waals surface area contributed by atoms with E-state index >= 15 is 0 Å². The molecule has 0 N–H and O–H groups in total. The number of fused-ring (bicyclic) bond motifs is 4. The van der Waals surface area contributed by atoms with Crippen molar-refractivity contribution in [2.45, 2.75) is 26.2 Å². The fourth-order valence-corrected chi connectivity index (χ4v) is 6.18. The van der Waals surface area contributed by atoms with Crippen molar-refractivity contribution in [1.29, 1.82) is 0 Å². The zero-order chi connectivity index (χ0) is 31.4. The summed E-state index contributed by atoms with van der Waals surface area (Å²) in [4.78, 5) is 13.6. The largest absolute Gasteiger partial charge is 0.504 e. The Balaban J connectivity index is 0.00000351. The third-order valence-electron chi connectivity index (χ3n) is 8.53. The minimum atomic E-state index is -0.0243. The number of pyridine rings is 2. The molecule has 0 aliphatic carbocycles. The Morgan fingerprint density at radius 3 is 2.28 bits per heavy atom. The first-order chi connectivity index (χ1) is 22.3. The van der Waals surface area contributed by atoms with Crippen LogP contribution in [0.15, 0.2) is 116 Å². The van der Waals surface area contributed by atoms with E-state index in [0.717, 1.165) is 55.8 Å². The van der Waals surface area contributed by atoms with Gasteiger partial charge in [-0.15, -0.1) is 11.5 Å². The van der Waals surface area contributed by atoms with Crippen LogP contribution in [0.3, 0.4) is 0 Å². The van der Waals surface area contributed by atoms with Crippen LogP contribution in [-0.2, 0) is 26.5 Å². The van der Waals surface area contributed by atoms with Crippen molar-refractivity contribution in [2.75, 3.05) is 16.8 Å². The standard InChI is InChI=1S/C40H32N5O.Pt/c1-40(2,3)28-18-20-41-38(22-28)45-33-15-9-8-14-30(33)32-24-31(27-12-6-5-7-13-27)37(25-36(32)45)46-39-23-29(19-21-42-39)44-26-43(4)34-16-10-11-17-35(34)44;/h5-22,24,26H,1-4H3;/q-3;. The van der Waals surface area contributed by atoms with E-state index < -0.39 is 0 Å². The number of hydrogen-bond acceptors (Lipinski definition) is 5. The molecule has 3 aromatic heterocycles. The van der Waals surface area contributed by atoms with Crippen LogP contribution < -0.4 is 14.5 Å². The molecule has 7 aromatic rings. The van der Waals surface area contributed by atoms with Gasteiger partial charge in [0.1, 0.15) is 11.7 Å². The van der Waals surface area contributed by atoms with Crippen molar-refractivity contribution in [3.8, 4) is 28.6 Å². The number of rotatable bonds is 5. The molecule has 1 aliphatic heterocycles. The number of aromatic nitrogens is 3. The molecular weight excluding hydrogens is 762 g/mol. The Bertz CT molecular complexity index is 2240. The predicted octanol–water partition coefficient (Wildman–Crippen LogP) is 9.64. The van der Waals surface area contributed by atoms with Gasteiger partial charge in [-0.25, -0.2) is 4.98 Å². The zero-order valence-electron chi connectivity index (χ0n) is 26.5. The molecule has 0 atom stereocenters. The van der Waals surface area contributed by atoms with Crippen molar-refractivity contribution in [1.82, 2.24) is 14.5 Å². The van der Waals surface area contributed by atoms with E-state index in [1.165, 1.54) is 5.56 Å². The van der Waals surface area contributed by atoms with Gasteiger partial charge in [0, 0.05) is 49.9 Å². The van der Waals surface area contributed by atoms with Gasteiger partial charge in [-0.3, -0.25) is 4.98 Å². The molecule has 0 spiro atoms. The average molecular weight is 794 g/mol. The fourth-order valence-electron chi connectivity index (χ4n) is 6.18. The van der Waals surface area contributed by atoms with Crippen molar-refractivity contribution in [2.24, 2.45) is 0 Å². The summed E-state index contributed by atoms with van der Waals surface area (Å²) in [5.74, 6) is 1.77. The summed E-state index contributed by atoms with van der Waals surface area (Å²) in [5, 5.41) is 2.20. The van der Waals surface area contributed by atoms with Gasteiger partial charge in [-0.1, -0.05) is 98.1 Å². The molecule has 0 saturated heterocycles. The summed E-state index contributed by atoms with van der Waals surface area (Å²) in [6, 6.07) is 42.5. The van der Waals surface area contributed by atoms with Crippen LogP contribution in [0.2, 0.25) is 0 Å². The van der Waals surface area contributed by atoms with E-state index in [4.69, 9.17) is 9.72 Å². The second kappa shape index (κ2) is 12.0. The van der Waals surface area contributed by atoms with E-state index in [9.17, 15) is 0 Å². The van der Waals surface area contributed by atoms with E-state index in [1.807, 2.05) is 56.3 Å². The molecule has 4 aromatic carbocycles. The summed E-state index contributed by atoms with van der Waals surface area (Å²) < 4.78 is 8.82. The Kier molecular flexibility index (Phi) is 7.85. The Hall–Kier alpha value is -4.93. The first-order valence-corrected chi connectivity index (χ1v) is 15.4. The quantitative estimate of drug-likeness (QED) is 0.163. The fraction of sp³-hybridized carbons (Fsp3) is 0.125. The summed E-state index contributed by atoms with van der Waals surface area (Å²) in [7, 11) is 2.04. The van der Waals surface area contributed by atoms with Crippen LogP contribution in [-0.4, -0.2) is 21.6 Å². The van der Waals surface area contributed by atoms with Gasteiger partial charge in [0.05, 0.1) is 0 Å². The first-order valence-electron chi connectivity index (χ1n) is 15.4. The van der Waals surface area contributed by atoms with Crippen LogP contribution in [0.5, 0.6) is 11.6 Å². The van der Waals surface area contributed by atoms with E-state index in [0.29, 0.717) is 11.6 Å². The normalized spacial score (nSPS) is 12.8. The molecule has 0 amide bonds. The molecule has 0 bridgehead atoms. The predicted molar refractivity (Wildman–Crippen MR) is 186 cm³/mol. The van der Waals surface area contributed by atoms with Gasteiger partial charge >= 0.3 is 0 Å². The Morgan fingerprint density at radius 1 is 0.745 bits per heavy atom. The molecule has 47 heavy (non-hydrogen) atoms. The Labute approximate surface area is 289 Å². The molecule has 236 valence electrons. The SMILES string of the molecule is CN1[CH-]N(c2[c-]c(Oc3[c-]c4c(cc3-c3ccccc3)c3ccccc3n4-c3cc(C(C)(C)C)ccn3)ncc2)c2ccccc21.[Pt]. The van der Waals surface area contributed by atoms with Gasteiger partial charge in [-0.2, -0.15) is 30.6 Å². The summed E-state index contributed by atoms with van der Waals surface area (Å²) in [6.07, 6.45) is 3.65. The van der Waals surface area contributed by atoms with Crippen LogP contribution >= 0.6 is 0 Å². The second-order valence-electron chi connectivity index (χ2n) is 12.6. The van der Waals surface area contributed by atoms with E-state index in [-0.39, 0.29) is 26.5 Å². The minimum absolute atomic E-state index is 0.